The standard InChI is InChI=1S/C15H13BrFNO3/c16-10-2-1-3-12(8-10)20-6-7-21-15(19)13-5-4-11(17)9-14(13)18/h1-5,8-9H,6-7,18H2. The SMILES string of the molecule is Nc1cc(F)ccc1C(=O)OCCOc1cccc(Br)c1. The van der Waals surface area contributed by atoms with Gasteiger partial charge in [0.1, 0.15) is 24.8 Å². The van der Waals surface area contributed by atoms with Crippen molar-refractivity contribution in [2.45, 2.75) is 0 Å². The number of ether oxygens (including phenoxy) is 2. The summed E-state index contributed by atoms with van der Waals surface area (Å²) >= 11 is 3.33. The van der Waals surface area contributed by atoms with E-state index in [4.69, 9.17) is 15.2 Å². The lowest BCUT2D eigenvalue weighted by atomic mass is 10.2. The van der Waals surface area contributed by atoms with E-state index in [9.17, 15) is 9.18 Å². The molecule has 0 radical (unpaired) electrons. The van der Waals surface area contributed by atoms with Gasteiger partial charge >= 0.3 is 5.97 Å². The smallest absolute Gasteiger partial charge is 0.340 e. The number of rotatable bonds is 5. The maximum absolute atomic E-state index is 12.9. The molecule has 0 amide bonds. The molecule has 0 atom stereocenters. The summed E-state index contributed by atoms with van der Waals surface area (Å²) in [6.45, 7) is 0.283. The fourth-order valence-corrected chi connectivity index (χ4v) is 2.03. The first-order chi connectivity index (χ1) is 10.1. The third kappa shape index (κ3) is 4.46. The van der Waals surface area contributed by atoms with Crippen LogP contribution < -0.4 is 10.5 Å². The van der Waals surface area contributed by atoms with E-state index in [0.29, 0.717) is 5.75 Å². The molecule has 2 aromatic carbocycles. The fourth-order valence-electron chi connectivity index (χ4n) is 1.65. The van der Waals surface area contributed by atoms with Crippen molar-refractivity contribution in [2.75, 3.05) is 18.9 Å². The first-order valence-corrected chi connectivity index (χ1v) is 6.96. The van der Waals surface area contributed by atoms with E-state index in [0.717, 1.165) is 16.6 Å². The average Bonchev–Trinajstić information content (AvgIpc) is 2.43. The zero-order valence-corrected chi connectivity index (χ0v) is 12.6. The van der Waals surface area contributed by atoms with Crippen molar-refractivity contribution in [3.05, 3.63) is 58.3 Å². The molecule has 2 aromatic rings. The number of benzene rings is 2. The molecule has 2 N–H and O–H groups in total. The van der Waals surface area contributed by atoms with Crippen LogP contribution in [0, 0.1) is 5.82 Å². The summed E-state index contributed by atoms with van der Waals surface area (Å²) in [5.41, 5.74) is 5.74. The summed E-state index contributed by atoms with van der Waals surface area (Å²) in [6, 6.07) is 10.8. The van der Waals surface area contributed by atoms with Gasteiger partial charge in [0.2, 0.25) is 0 Å². The quantitative estimate of drug-likeness (QED) is 0.508. The number of esters is 1. The van der Waals surface area contributed by atoms with E-state index >= 15 is 0 Å². The fraction of sp³-hybridized carbons (Fsp3) is 0.133. The van der Waals surface area contributed by atoms with Gasteiger partial charge in [-0.25, -0.2) is 9.18 Å². The molecule has 4 nitrogen and oxygen atoms in total. The molecule has 0 fully saturated rings. The zero-order valence-electron chi connectivity index (χ0n) is 11.0. The number of carbonyl (C=O) groups is 1. The number of carbonyl (C=O) groups excluding carboxylic acids is 1. The third-order valence-corrected chi connectivity index (χ3v) is 3.11. The average molecular weight is 354 g/mol. The molecular formula is C15H13BrFNO3. The number of hydrogen-bond acceptors (Lipinski definition) is 4. The number of anilines is 1. The Balaban J connectivity index is 1.82. The molecule has 0 aliphatic carbocycles. The second-order valence-electron chi connectivity index (χ2n) is 4.17. The van der Waals surface area contributed by atoms with Crippen molar-refractivity contribution in [3.8, 4) is 5.75 Å². The number of nitrogen functional groups attached to an aromatic ring is 1. The lowest BCUT2D eigenvalue weighted by Gasteiger charge is -2.09. The van der Waals surface area contributed by atoms with Gasteiger partial charge in [0.05, 0.1) is 5.56 Å². The lowest BCUT2D eigenvalue weighted by molar-refractivity contribution is 0.0451. The maximum atomic E-state index is 12.9. The van der Waals surface area contributed by atoms with Crippen LogP contribution in [0.5, 0.6) is 5.75 Å². The van der Waals surface area contributed by atoms with E-state index in [1.807, 2.05) is 12.1 Å². The number of nitrogens with two attached hydrogens (primary N) is 1. The third-order valence-electron chi connectivity index (χ3n) is 2.61. The van der Waals surface area contributed by atoms with Crippen LogP contribution in [0.2, 0.25) is 0 Å². The van der Waals surface area contributed by atoms with Crippen LogP contribution in [-0.4, -0.2) is 19.2 Å². The van der Waals surface area contributed by atoms with Gasteiger partial charge in [-0.1, -0.05) is 22.0 Å². The van der Waals surface area contributed by atoms with Crippen LogP contribution in [0.3, 0.4) is 0 Å². The molecule has 110 valence electrons. The molecule has 0 spiro atoms. The molecule has 0 aliphatic heterocycles. The number of hydrogen-bond donors (Lipinski definition) is 1. The van der Waals surface area contributed by atoms with Crippen LogP contribution >= 0.6 is 15.9 Å². The minimum absolute atomic E-state index is 0.0490. The minimum atomic E-state index is -0.606. The van der Waals surface area contributed by atoms with Crippen molar-refractivity contribution < 1.29 is 18.7 Å². The molecule has 2 rings (SSSR count). The topological polar surface area (TPSA) is 61.6 Å². The Morgan fingerprint density at radius 1 is 1.19 bits per heavy atom. The second-order valence-corrected chi connectivity index (χ2v) is 5.09. The Labute approximate surface area is 129 Å². The zero-order chi connectivity index (χ0) is 15.2. The number of halogens is 2. The van der Waals surface area contributed by atoms with E-state index in [1.165, 1.54) is 6.07 Å². The molecule has 21 heavy (non-hydrogen) atoms. The van der Waals surface area contributed by atoms with Crippen molar-refractivity contribution in [1.29, 1.82) is 0 Å². The van der Waals surface area contributed by atoms with Crippen molar-refractivity contribution in [1.82, 2.24) is 0 Å². The van der Waals surface area contributed by atoms with Gasteiger partial charge < -0.3 is 15.2 Å². The maximum Gasteiger partial charge on any atom is 0.340 e. The summed E-state index contributed by atoms with van der Waals surface area (Å²) in [6.07, 6.45) is 0. The predicted molar refractivity (Wildman–Crippen MR) is 80.7 cm³/mol. The highest BCUT2D eigenvalue weighted by atomic mass is 79.9. The Morgan fingerprint density at radius 3 is 2.71 bits per heavy atom. The normalized spacial score (nSPS) is 10.2. The molecule has 6 heteroatoms. The molecule has 0 saturated carbocycles. The van der Waals surface area contributed by atoms with Crippen LogP contribution in [-0.2, 0) is 4.74 Å². The van der Waals surface area contributed by atoms with Crippen LogP contribution in [0.1, 0.15) is 10.4 Å². The van der Waals surface area contributed by atoms with E-state index in [-0.39, 0.29) is 24.5 Å². The predicted octanol–water partition coefficient (Wildman–Crippen LogP) is 3.41. The molecule has 0 unspecified atom stereocenters. The van der Waals surface area contributed by atoms with Crippen LogP contribution in [0.15, 0.2) is 46.9 Å². The summed E-state index contributed by atoms with van der Waals surface area (Å²) in [5.74, 6) is -0.436. The molecule has 0 bridgehead atoms. The van der Waals surface area contributed by atoms with Gasteiger partial charge in [0, 0.05) is 10.2 Å². The van der Waals surface area contributed by atoms with Crippen molar-refractivity contribution >= 4 is 27.6 Å². The lowest BCUT2D eigenvalue weighted by Crippen LogP contribution is -2.13. The molecule has 0 aromatic heterocycles. The van der Waals surface area contributed by atoms with Crippen molar-refractivity contribution in [2.24, 2.45) is 0 Å². The Hall–Kier alpha value is -2.08. The van der Waals surface area contributed by atoms with Crippen molar-refractivity contribution in [3.63, 3.8) is 0 Å². The monoisotopic (exact) mass is 353 g/mol. The van der Waals surface area contributed by atoms with Gasteiger partial charge in [-0.05, 0) is 36.4 Å². The molecule has 0 saturated heterocycles. The largest absolute Gasteiger partial charge is 0.490 e. The second kappa shape index (κ2) is 7.08. The van der Waals surface area contributed by atoms with Crippen LogP contribution in [0.25, 0.3) is 0 Å². The van der Waals surface area contributed by atoms with E-state index in [2.05, 4.69) is 15.9 Å². The van der Waals surface area contributed by atoms with Gasteiger partial charge in [-0.3, -0.25) is 0 Å². The van der Waals surface area contributed by atoms with Crippen LogP contribution in [0.4, 0.5) is 10.1 Å². The Bertz CT molecular complexity index is 649. The van der Waals surface area contributed by atoms with E-state index in [1.54, 1.807) is 12.1 Å². The summed E-state index contributed by atoms with van der Waals surface area (Å²) in [5, 5.41) is 0. The molecule has 0 heterocycles. The minimum Gasteiger partial charge on any atom is -0.490 e. The van der Waals surface area contributed by atoms with E-state index < -0.39 is 11.8 Å². The summed E-state index contributed by atoms with van der Waals surface area (Å²) < 4.78 is 24.2. The molecule has 0 aliphatic rings. The van der Waals surface area contributed by atoms with Gasteiger partial charge in [-0.15, -0.1) is 0 Å². The first kappa shape index (κ1) is 15.3. The highest BCUT2D eigenvalue weighted by Gasteiger charge is 2.11. The van der Waals surface area contributed by atoms with Gasteiger partial charge in [0.25, 0.3) is 0 Å². The highest BCUT2D eigenvalue weighted by Crippen LogP contribution is 2.18. The Kier molecular flexibility index (Phi) is 5.16. The Morgan fingerprint density at radius 2 is 2.00 bits per heavy atom. The summed E-state index contributed by atoms with van der Waals surface area (Å²) in [7, 11) is 0. The highest BCUT2D eigenvalue weighted by molar-refractivity contribution is 9.10. The van der Waals surface area contributed by atoms with Gasteiger partial charge in [-0.2, -0.15) is 0 Å². The molecular weight excluding hydrogens is 341 g/mol. The summed E-state index contributed by atoms with van der Waals surface area (Å²) in [4.78, 5) is 11.8. The van der Waals surface area contributed by atoms with Gasteiger partial charge in [0.15, 0.2) is 0 Å². The first-order valence-electron chi connectivity index (χ1n) is 6.17.